The molecule has 5 heterocycles. The lowest BCUT2D eigenvalue weighted by molar-refractivity contribution is -0.118. The van der Waals surface area contributed by atoms with E-state index in [0.717, 1.165) is 0 Å². The number of alkyl halides is 1. The van der Waals surface area contributed by atoms with Crippen LogP contribution < -0.4 is 16.2 Å². The fourth-order valence-electron chi connectivity index (χ4n) is 8.23. The van der Waals surface area contributed by atoms with Crippen molar-refractivity contribution in [3.63, 3.8) is 0 Å². The third-order valence-electron chi connectivity index (χ3n) is 11.9. The second-order valence-corrected chi connectivity index (χ2v) is 29.2. The molecule has 3 aromatic heterocycles. The highest BCUT2D eigenvalue weighted by molar-refractivity contribution is 7.48. The highest BCUT2D eigenvalue weighted by Gasteiger charge is 2.61. The summed E-state index contributed by atoms with van der Waals surface area (Å²) in [5.74, 6) is -1.98. The van der Waals surface area contributed by atoms with Gasteiger partial charge in [0, 0.05) is 16.4 Å². The van der Waals surface area contributed by atoms with Crippen molar-refractivity contribution in [2.45, 2.75) is 147 Å². The van der Waals surface area contributed by atoms with Crippen LogP contribution in [-0.4, -0.2) is 119 Å². The van der Waals surface area contributed by atoms with E-state index in [-0.39, 0.29) is 58.1 Å². The van der Waals surface area contributed by atoms with Gasteiger partial charge in [0.1, 0.15) is 37.6 Å². The molecule has 2 saturated heterocycles. The maximum absolute atomic E-state index is 16.3. The Morgan fingerprint density at radius 1 is 1.08 bits per heavy atom. The van der Waals surface area contributed by atoms with Crippen molar-refractivity contribution in [3.8, 4) is 6.07 Å². The van der Waals surface area contributed by atoms with Crippen molar-refractivity contribution in [1.82, 2.24) is 34.5 Å². The van der Waals surface area contributed by atoms with Crippen LogP contribution in [0.25, 0.3) is 11.2 Å². The van der Waals surface area contributed by atoms with Crippen molar-refractivity contribution < 1.29 is 59.0 Å². The van der Waals surface area contributed by atoms with E-state index < -0.39 is 119 Å². The van der Waals surface area contributed by atoms with Crippen LogP contribution in [0.3, 0.4) is 0 Å². The van der Waals surface area contributed by atoms with Crippen LogP contribution >= 0.6 is 16.1 Å². The standard InChI is InChI=1S/C38H59FN10O13P2Si2/c1-20(2)34(50)47-38-46-33-29(35(51)48-38)44-19-49(33)36-32-31(61-66(23(7)8,24(9)10)62-65(54,21(3)4)22(5)6)27(58-36)16-55-63(52)59-30-25(15-57-64(53,60-32)56-13-11-12-40)14-26(28(30)39)45-37-42-17-41-18-43-37/h17-28,30-32,36,54H,11,13-16H2,1-10H3,(H2-,41,42,43,45,46,47,48,50,51)/p+1/t25-,26-,27-,28+,30-,31-,32-,36-,64?/m1/s1. The van der Waals surface area contributed by atoms with E-state index >= 15 is 8.96 Å². The lowest BCUT2D eigenvalue weighted by Gasteiger charge is -2.47. The van der Waals surface area contributed by atoms with Gasteiger partial charge in [-0.25, -0.2) is 28.9 Å². The molecule has 1 aliphatic carbocycles. The SMILES string of the molecule is CC(C)C(=O)Nc1nc2c(ncn2[C@@H]2O[C@@H]3CO[P+](=O)O[C@@H]4[C@@H](COP(=O)(OCCC#N)O[C@@H]2[C@@H]3O[Si](O[Si](O)(C(C)C)C(C)C)(C(C)C)C(C)C)C[C@@H](Nc2ncncn2)[C@@H]4F)c(=O)[nH]1. The normalized spacial score (nSPS) is 28.4. The summed E-state index contributed by atoms with van der Waals surface area (Å²) in [7, 11) is -15.4. The number of halogens is 1. The van der Waals surface area contributed by atoms with Crippen molar-refractivity contribution in [2.75, 3.05) is 30.5 Å². The number of ether oxygens (including phenoxy) is 1. The molecule has 0 aromatic carbocycles. The molecule has 4 N–H and O–H groups in total. The quantitative estimate of drug-likeness (QED) is 0.0719. The Balaban J connectivity index is 1.50. The van der Waals surface area contributed by atoms with Crippen molar-refractivity contribution in [3.05, 3.63) is 29.3 Å². The average molecular weight is 1000 g/mol. The molecule has 2 aliphatic heterocycles. The van der Waals surface area contributed by atoms with Gasteiger partial charge < -0.3 is 23.4 Å². The predicted octanol–water partition coefficient (Wildman–Crippen LogP) is 6.07. The lowest BCUT2D eigenvalue weighted by Crippen LogP contribution is -2.62. The Morgan fingerprint density at radius 3 is 2.38 bits per heavy atom. The second kappa shape index (κ2) is 21.4. The molecule has 2 unspecified atom stereocenters. The summed E-state index contributed by atoms with van der Waals surface area (Å²) in [6.07, 6.45) is -5.53. The number of phosphoric ester groups is 1. The van der Waals surface area contributed by atoms with Crippen molar-refractivity contribution >= 4 is 62.2 Å². The number of H-pyrrole nitrogens is 1. The Bertz CT molecular complexity index is 2310. The number of nitriles is 1. The molecule has 1 amide bonds. The number of aromatic amines is 1. The Hall–Kier alpha value is -3.55. The number of anilines is 2. The number of nitrogens with one attached hydrogen (secondary N) is 3. The van der Waals surface area contributed by atoms with Gasteiger partial charge in [-0.1, -0.05) is 69.2 Å². The minimum Gasteiger partial charge on any atom is -0.414 e. The number of aromatic nitrogens is 7. The molecule has 3 fully saturated rings. The van der Waals surface area contributed by atoms with E-state index in [1.807, 2.05) is 61.5 Å². The number of hydrogen-bond donors (Lipinski definition) is 4. The summed E-state index contributed by atoms with van der Waals surface area (Å²) in [6, 6.07) is 0.942. The number of amides is 1. The van der Waals surface area contributed by atoms with E-state index in [9.17, 15) is 24.2 Å². The number of nitrogens with zero attached hydrogens (tertiary/aromatic N) is 7. The minimum atomic E-state index is -4.90. The fourth-order valence-corrected chi connectivity index (χ4v) is 20.4. The molecule has 66 heavy (non-hydrogen) atoms. The maximum Gasteiger partial charge on any atom is 0.697 e. The summed E-state index contributed by atoms with van der Waals surface area (Å²) in [5.41, 5.74) is -2.25. The van der Waals surface area contributed by atoms with Gasteiger partial charge in [0.15, 0.2) is 29.7 Å². The number of carbonyl (C=O) groups excluding carboxylic acids is 1. The van der Waals surface area contributed by atoms with Gasteiger partial charge in [0.2, 0.25) is 17.8 Å². The summed E-state index contributed by atoms with van der Waals surface area (Å²) in [4.78, 5) is 61.6. The number of imidazole rings is 1. The van der Waals surface area contributed by atoms with Crippen LogP contribution in [0.2, 0.25) is 22.2 Å². The first kappa shape index (κ1) is 51.8. The average Bonchev–Trinajstić information content (AvgIpc) is 3.91. The minimum absolute atomic E-state index is 0.0218. The fraction of sp³-hybridized carbons (Fsp3) is 0.737. The third-order valence-corrected chi connectivity index (χ3v) is 23.9. The Kier molecular flexibility index (Phi) is 16.8. The van der Waals surface area contributed by atoms with Gasteiger partial charge in [-0.15, -0.1) is 9.05 Å². The van der Waals surface area contributed by atoms with Crippen molar-refractivity contribution in [2.24, 2.45) is 11.8 Å². The molecular weight excluding hydrogens is 942 g/mol. The number of carbonyl (C=O) groups is 1. The molecule has 3 aliphatic rings. The van der Waals surface area contributed by atoms with Crippen LogP contribution in [-0.2, 0) is 49.8 Å². The molecule has 23 nitrogen and oxygen atoms in total. The van der Waals surface area contributed by atoms with E-state index in [1.54, 1.807) is 13.8 Å². The molecule has 28 heteroatoms. The summed E-state index contributed by atoms with van der Waals surface area (Å²) in [6.45, 7) is 17.0. The van der Waals surface area contributed by atoms with Crippen LogP contribution in [0.1, 0.15) is 88.3 Å². The summed E-state index contributed by atoms with van der Waals surface area (Å²) in [5, 5.41) is 14.9. The first-order valence-electron chi connectivity index (χ1n) is 21.9. The van der Waals surface area contributed by atoms with Crippen LogP contribution in [0.4, 0.5) is 16.3 Å². The van der Waals surface area contributed by atoms with E-state index in [2.05, 4.69) is 40.5 Å². The zero-order chi connectivity index (χ0) is 48.3. The van der Waals surface area contributed by atoms with Gasteiger partial charge >= 0.3 is 33.2 Å². The molecule has 2 bridgehead atoms. The maximum atomic E-state index is 16.3. The summed E-state index contributed by atoms with van der Waals surface area (Å²) < 4.78 is 97.8. The number of hydrogen-bond acceptors (Lipinski definition) is 20. The molecule has 0 radical (unpaired) electrons. The van der Waals surface area contributed by atoms with E-state index in [1.165, 1.54) is 23.5 Å². The second-order valence-electron chi connectivity index (χ2n) is 18.0. The molecule has 1 saturated carbocycles. The number of fused-ring (bicyclic) bond motifs is 4. The summed E-state index contributed by atoms with van der Waals surface area (Å²) >= 11 is 0. The molecule has 3 aromatic rings. The zero-order valence-corrected chi connectivity index (χ0v) is 42.3. The van der Waals surface area contributed by atoms with Gasteiger partial charge in [0.05, 0.1) is 38.1 Å². The van der Waals surface area contributed by atoms with Gasteiger partial charge in [0.25, 0.3) is 5.56 Å². The van der Waals surface area contributed by atoms with E-state index in [4.69, 9.17) is 35.9 Å². The van der Waals surface area contributed by atoms with Crippen LogP contribution in [0.15, 0.2) is 23.8 Å². The van der Waals surface area contributed by atoms with Gasteiger partial charge in [-0.2, -0.15) is 10.2 Å². The number of phosphoric acid groups is 1. The molecular formula is C38H60FN10O13P2Si2+. The largest absolute Gasteiger partial charge is 0.697 e. The first-order chi connectivity index (χ1) is 31.1. The van der Waals surface area contributed by atoms with Gasteiger partial charge in [-0.05, 0) is 28.6 Å². The van der Waals surface area contributed by atoms with Crippen molar-refractivity contribution in [1.29, 1.82) is 5.26 Å². The van der Waals surface area contributed by atoms with E-state index in [0.29, 0.717) is 0 Å². The van der Waals surface area contributed by atoms with Crippen LogP contribution in [0.5, 0.6) is 0 Å². The smallest absolute Gasteiger partial charge is 0.414 e. The highest BCUT2D eigenvalue weighted by atomic mass is 31.2. The number of rotatable bonds is 16. The molecule has 364 valence electrons. The molecule has 10 atom stereocenters. The molecule has 6 rings (SSSR count). The lowest BCUT2D eigenvalue weighted by atomic mass is 10.1. The first-order valence-corrected chi connectivity index (χ1v) is 28.4. The topological polar surface area (TPSA) is 295 Å². The molecule has 0 spiro atoms. The monoisotopic (exact) mass is 1000 g/mol. The predicted molar refractivity (Wildman–Crippen MR) is 239 cm³/mol. The highest BCUT2D eigenvalue weighted by Crippen LogP contribution is 2.57. The third kappa shape index (κ3) is 11.1. The Morgan fingerprint density at radius 2 is 1.76 bits per heavy atom. The van der Waals surface area contributed by atoms with Gasteiger partial charge in [-0.3, -0.25) is 38.0 Å². The van der Waals surface area contributed by atoms with Crippen LogP contribution in [0, 0.1) is 23.2 Å². The zero-order valence-electron chi connectivity index (χ0n) is 38.5. The Labute approximate surface area is 384 Å².